The molecule has 2 aliphatic heterocycles. The zero-order valence-electron chi connectivity index (χ0n) is 15.1. The van der Waals surface area contributed by atoms with E-state index in [2.05, 4.69) is 15.7 Å². The summed E-state index contributed by atoms with van der Waals surface area (Å²) in [4.78, 5) is 27.4. The Morgan fingerprint density at radius 1 is 1.31 bits per heavy atom. The maximum atomic E-state index is 13.0. The van der Waals surface area contributed by atoms with Gasteiger partial charge >= 0.3 is 0 Å². The first kappa shape index (κ1) is 16.6. The minimum atomic E-state index is -0.617. The molecule has 1 saturated heterocycles. The van der Waals surface area contributed by atoms with Gasteiger partial charge in [0.05, 0.1) is 23.4 Å². The van der Waals surface area contributed by atoms with Crippen LogP contribution in [0.15, 0.2) is 30.5 Å². The standard InChI is InChI=1S/C19H23N5O2/c1-3-24-11-15(13(2)22-24)18(26)23-10-6-9-19(12-23)20-16-8-5-4-7-14(16)17(25)21-19/h4-5,7-8,11,20H,3,6,9-10,12H2,1-2H3,(H,21,25)/t19-/m0/s1. The number of likely N-dealkylation sites (tertiary alicyclic amines) is 1. The Hall–Kier alpha value is -2.83. The third-order valence-corrected chi connectivity index (χ3v) is 5.18. The molecule has 1 spiro atoms. The molecule has 0 aliphatic carbocycles. The van der Waals surface area contributed by atoms with E-state index in [1.165, 1.54) is 0 Å². The lowest BCUT2D eigenvalue weighted by Crippen LogP contribution is -2.66. The predicted molar refractivity (Wildman–Crippen MR) is 98.0 cm³/mol. The van der Waals surface area contributed by atoms with Gasteiger partial charge in [0.1, 0.15) is 5.66 Å². The number of piperidine rings is 1. The third-order valence-electron chi connectivity index (χ3n) is 5.18. The van der Waals surface area contributed by atoms with Crippen molar-refractivity contribution in [1.29, 1.82) is 0 Å². The second-order valence-corrected chi connectivity index (χ2v) is 7.02. The average Bonchev–Trinajstić information content (AvgIpc) is 3.02. The number of rotatable bonds is 2. The third kappa shape index (κ3) is 2.73. The highest BCUT2D eigenvalue weighted by Crippen LogP contribution is 2.31. The van der Waals surface area contributed by atoms with Crippen molar-refractivity contribution in [3.8, 4) is 0 Å². The number of nitrogens with one attached hydrogen (secondary N) is 2. The van der Waals surface area contributed by atoms with Gasteiger partial charge in [-0.2, -0.15) is 5.10 Å². The number of aromatic nitrogens is 2. The molecule has 2 aromatic rings. The van der Waals surface area contributed by atoms with Crippen molar-refractivity contribution < 1.29 is 9.59 Å². The first-order valence-electron chi connectivity index (χ1n) is 9.04. The highest BCUT2D eigenvalue weighted by atomic mass is 16.2. The van der Waals surface area contributed by atoms with Gasteiger partial charge in [0.15, 0.2) is 0 Å². The SMILES string of the molecule is CCn1cc(C(=O)N2CCC[C@@]3(C2)NC(=O)c2ccccc2N3)c(C)n1. The largest absolute Gasteiger partial charge is 0.361 e. The molecule has 3 heterocycles. The average molecular weight is 353 g/mol. The van der Waals surface area contributed by atoms with Crippen molar-refractivity contribution >= 4 is 17.5 Å². The monoisotopic (exact) mass is 353 g/mol. The van der Waals surface area contributed by atoms with Gasteiger partial charge in [0, 0.05) is 25.0 Å². The summed E-state index contributed by atoms with van der Waals surface area (Å²) in [5.41, 5.74) is 2.21. The maximum absolute atomic E-state index is 13.0. The molecule has 0 bridgehead atoms. The van der Waals surface area contributed by atoms with E-state index in [4.69, 9.17) is 0 Å². The van der Waals surface area contributed by atoms with Crippen LogP contribution < -0.4 is 10.6 Å². The van der Waals surface area contributed by atoms with Gasteiger partial charge in [-0.05, 0) is 38.8 Å². The number of carbonyl (C=O) groups excluding carboxylic acids is 2. The minimum absolute atomic E-state index is 0.0313. The van der Waals surface area contributed by atoms with Gasteiger partial charge in [-0.1, -0.05) is 12.1 Å². The van der Waals surface area contributed by atoms with Gasteiger partial charge in [-0.25, -0.2) is 0 Å². The topological polar surface area (TPSA) is 79.3 Å². The van der Waals surface area contributed by atoms with E-state index in [1.54, 1.807) is 16.9 Å². The van der Waals surface area contributed by atoms with E-state index in [-0.39, 0.29) is 11.8 Å². The van der Waals surface area contributed by atoms with Crippen molar-refractivity contribution in [1.82, 2.24) is 20.0 Å². The first-order valence-corrected chi connectivity index (χ1v) is 9.04. The fraction of sp³-hybridized carbons (Fsp3) is 0.421. The normalized spacial score (nSPS) is 21.9. The zero-order valence-corrected chi connectivity index (χ0v) is 15.1. The van der Waals surface area contributed by atoms with E-state index in [1.807, 2.05) is 36.9 Å². The smallest absolute Gasteiger partial charge is 0.257 e. The van der Waals surface area contributed by atoms with Gasteiger partial charge in [-0.15, -0.1) is 0 Å². The highest BCUT2D eigenvalue weighted by molar-refractivity contribution is 6.02. The summed E-state index contributed by atoms with van der Waals surface area (Å²) in [6, 6.07) is 7.47. The summed E-state index contributed by atoms with van der Waals surface area (Å²) in [6.45, 7) is 5.69. The molecular formula is C19H23N5O2. The summed E-state index contributed by atoms with van der Waals surface area (Å²) < 4.78 is 1.78. The molecule has 2 amide bonds. The lowest BCUT2D eigenvalue weighted by Gasteiger charge is -2.46. The van der Waals surface area contributed by atoms with Crippen LogP contribution in [0.5, 0.6) is 0 Å². The van der Waals surface area contributed by atoms with E-state index >= 15 is 0 Å². The molecule has 26 heavy (non-hydrogen) atoms. The Labute approximate surface area is 152 Å². The molecule has 2 N–H and O–H groups in total. The van der Waals surface area contributed by atoms with Gasteiger partial charge in [-0.3, -0.25) is 14.3 Å². The van der Waals surface area contributed by atoms with Crippen LogP contribution in [0, 0.1) is 6.92 Å². The van der Waals surface area contributed by atoms with Crippen LogP contribution in [-0.2, 0) is 6.54 Å². The number of carbonyl (C=O) groups is 2. The minimum Gasteiger partial charge on any atom is -0.361 e. The van der Waals surface area contributed by atoms with Crippen molar-refractivity contribution in [3.05, 3.63) is 47.3 Å². The predicted octanol–water partition coefficient (Wildman–Crippen LogP) is 2.00. The second-order valence-electron chi connectivity index (χ2n) is 7.02. The van der Waals surface area contributed by atoms with Crippen molar-refractivity contribution in [2.75, 3.05) is 18.4 Å². The fourth-order valence-electron chi connectivity index (χ4n) is 3.86. The summed E-state index contributed by atoms with van der Waals surface area (Å²) in [5.74, 6) is -0.125. The number of fused-ring (bicyclic) bond motifs is 1. The Bertz CT molecular complexity index is 875. The Morgan fingerprint density at radius 3 is 2.88 bits per heavy atom. The molecule has 1 atom stereocenters. The molecule has 0 radical (unpaired) electrons. The van der Waals surface area contributed by atoms with Gasteiger partial charge in [0.2, 0.25) is 0 Å². The molecule has 136 valence electrons. The van der Waals surface area contributed by atoms with Crippen LogP contribution >= 0.6 is 0 Å². The molecule has 1 aromatic heterocycles. The van der Waals surface area contributed by atoms with E-state index in [0.29, 0.717) is 24.2 Å². The number of aryl methyl sites for hydroxylation is 2. The quantitative estimate of drug-likeness (QED) is 0.865. The second kappa shape index (κ2) is 6.16. The zero-order chi connectivity index (χ0) is 18.3. The summed E-state index contributed by atoms with van der Waals surface area (Å²) in [7, 11) is 0. The number of amides is 2. The van der Waals surface area contributed by atoms with Crippen LogP contribution in [0.1, 0.15) is 46.2 Å². The number of benzene rings is 1. The molecule has 7 heteroatoms. The molecule has 0 unspecified atom stereocenters. The number of para-hydroxylation sites is 1. The van der Waals surface area contributed by atoms with Crippen LogP contribution in [-0.4, -0.2) is 45.2 Å². The molecule has 7 nitrogen and oxygen atoms in total. The maximum Gasteiger partial charge on any atom is 0.257 e. The molecule has 4 rings (SSSR count). The number of hydrogen-bond donors (Lipinski definition) is 2. The van der Waals surface area contributed by atoms with Crippen LogP contribution in [0.3, 0.4) is 0 Å². The molecule has 1 fully saturated rings. The van der Waals surface area contributed by atoms with Crippen molar-refractivity contribution in [3.63, 3.8) is 0 Å². The highest BCUT2D eigenvalue weighted by Gasteiger charge is 2.42. The number of nitrogens with zero attached hydrogens (tertiary/aromatic N) is 3. The Balaban J connectivity index is 1.59. The van der Waals surface area contributed by atoms with Crippen molar-refractivity contribution in [2.24, 2.45) is 0 Å². The lowest BCUT2D eigenvalue weighted by atomic mass is 9.93. The summed E-state index contributed by atoms with van der Waals surface area (Å²) >= 11 is 0. The Kier molecular flexibility index (Phi) is 3.94. The fourth-order valence-corrected chi connectivity index (χ4v) is 3.86. The summed E-state index contributed by atoms with van der Waals surface area (Å²) in [6.07, 6.45) is 3.41. The molecular weight excluding hydrogens is 330 g/mol. The Morgan fingerprint density at radius 2 is 2.12 bits per heavy atom. The van der Waals surface area contributed by atoms with Gasteiger partial charge in [0.25, 0.3) is 11.8 Å². The molecule has 0 saturated carbocycles. The van der Waals surface area contributed by atoms with Crippen LogP contribution in [0.25, 0.3) is 0 Å². The van der Waals surface area contributed by atoms with E-state index in [9.17, 15) is 9.59 Å². The number of anilines is 1. The van der Waals surface area contributed by atoms with E-state index in [0.717, 1.165) is 30.8 Å². The number of hydrogen-bond acceptors (Lipinski definition) is 4. The lowest BCUT2D eigenvalue weighted by molar-refractivity contribution is 0.0592. The van der Waals surface area contributed by atoms with Gasteiger partial charge < -0.3 is 15.5 Å². The molecule has 2 aliphatic rings. The van der Waals surface area contributed by atoms with Crippen LogP contribution in [0.4, 0.5) is 5.69 Å². The van der Waals surface area contributed by atoms with Crippen molar-refractivity contribution in [2.45, 2.75) is 38.9 Å². The van der Waals surface area contributed by atoms with Crippen LogP contribution in [0.2, 0.25) is 0 Å². The summed E-state index contributed by atoms with van der Waals surface area (Å²) in [5, 5.41) is 10.9. The molecule has 1 aromatic carbocycles. The van der Waals surface area contributed by atoms with E-state index < -0.39 is 5.66 Å². The first-order chi connectivity index (χ1) is 12.5.